The number of hydrogen-bond acceptors (Lipinski definition) is 2. The highest BCUT2D eigenvalue weighted by Crippen LogP contribution is 2.29. The molecule has 0 radical (unpaired) electrons. The summed E-state index contributed by atoms with van der Waals surface area (Å²) in [6, 6.07) is 9.12. The maximum Gasteiger partial charge on any atom is 0.0557 e. The molecule has 1 N–H and O–H groups in total. The van der Waals surface area contributed by atoms with Crippen LogP contribution < -0.4 is 5.32 Å². The second kappa shape index (κ2) is 4.56. The Morgan fingerprint density at radius 1 is 1.12 bits per heavy atom. The summed E-state index contributed by atoms with van der Waals surface area (Å²) >= 11 is 0. The smallest absolute Gasteiger partial charge is 0.0557 e. The molecule has 2 saturated heterocycles. The zero-order valence-electron chi connectivity index (χ0n) is 9.61. The molecule has 2 fully saturated rings. The minimum absolute atomic E-state index is 0.650. The topological polar surface area (TPSA) is 21.3 Å². The predicted molar refractivity (Wildman–Crippen MR) is 64.8 cm³/mol. The number of ether oxygens (including phenoxy) is 1. The van der Waals surface area contributed by atoms with E-state index >= 15 is 0 Å². The number of piperidine rings is 1. The van der Waals surface area contributed by atoms with Crippen molar-refractivity contribution in [3.05, 3.63) is 35.4 Å². The van der Waals surface area contributed by atoms with Crippen LogP contribution in [0.1, 0.15) is 35.8 Å². The van der Waals surface area contributed by atoms with Crippen LogP contribution in [-0.4, -0.2) is 26.3 Å². The van der Waals surface area contributed by atoms with Gasteiger partial charge in [-0.05, 0) is 36.4 Å². The second-order valence-corrected chi connectivity index (χ2v) is 4.95. The normalized spacial score (nSPS) is 26.4. The minimum Gasteiger partial charge on any atom is -0.380 e. The van der Waals surface area contributed by atoms with Crippen LogP contribution in [0.3, 0.4) is 0 Å². The fourth-order valence-corrected chi connectivity index (χ4v) is 2.63. The molecule has 0 aromatic heterocycles. The first-order chi connectivity index (χ1) is 7.93. The molecule has 0 saturated carbocycles. The minimum atomic E-state index is 0.650. The Labute approximate surface area is 97.0 Å². The molecule has 1 aromatic carbocycles. The van der Waals surface area contributed by atoms with Crippen molar-refractivity contribution in [2.75, 3.05) is 26.3 Å². The standard InChI is InChI=1S/C14H19NO/c1-3-11(13-5-2-6-15-8-13)7-12(4-1)14-9-16-10-14/h1,3-4,7,13-15H,2,5-6,8-10H2. The van der Waals surface area contributed by atoms with Crippen LogP contribution in [0, 0.1) is 0 Å². The molecular weight excluding hydrogens is 198 g/mol. The quantitative estimate of drug-likeness (QED) is 0.820. The third-order valence-electron chi connectivity index (χ3n) is 3.79. The highest BCUT2D eigenvalue weighted by atomic mass is 16.5. The maximum atomic E-state index is 5.26. The molecule has 0 bridgehead atoms. The third-order valence-corrected chi connectivity index (χ3v) is 3.79. The van der Waals surface area contributed by atoms with Crippen LogP contribution in [0.4, 0.5) is 0 Å². The first-order valence-corrected chi connectivity index (χ1v) is 6.32. The van der Waals surface area contributed by atoms with E-state index in [4.69, 9.17) is 4.74 Å². The van der Waals surface area contributed by atoms with E-state index in [2.05, 4.69) is 29.6 Å². The van der Waals surface area contributed by atoms with E-state index < -0.39 is 0 Å². The van der Waals surface area contributed by atoms with Gasteiger partial charge in [0.2, 0.25) is 0 Å². The van der Waals surface area contributed by atoms with Crippen LogP contribution >= 0.6 is 0 Å². The van der Waals surface area contributed by atoms with Crippen molar-refractivity contribution in [3.8, 4) is 0 Å². The van der Waals surface area contributed by atoms with Crippen LogP contribution in [0.15, 0.2) is 24.3 Å². The molecule has 2 heteroatoms. The lowest BCUT2D eigenvalue weighted by atomic mass is 9.88. The molecule has 1 atom stereocenters. The molecule has 0 spiro atoms. The van der Waals surface area contributed by atoms with Crippen molar-refractivity contribution in [3.63, 3.8) is 0 Å². The van der Waals surface area contributed by atoms with E-state index in [0.29, 0.717) is 5.92 Å². The van der Waals surface area contributed by atoms with Gasteiger partial charge in [-0.3, -0.25) is 0 Å². The van der Waals surface area contributed by atoms with Crippen LogP contribution in [0.5, 0.6) is 0 Å². The van der Waals surface area contributed by atoms with Gasteiger partial charge >= 0.3 is 0 Å². The summed E-state index contributed by atoms with van der Waals surface area (Å²) in [6.45, 7) is 4.15. The fourth-order valence-electron chi connectivity index (χ4n) is 2.63. The Morgan fingerprint density at radius 2 is 1.94 bits per heavy atom. The van der Waals surface area contributed by atoms with Gasteiger partial charge in [-0.1, -0.05) is 24.3 Å². The monoisotopic (exact) mass is 217 g/mol. The van der Waals surface area contributed by atoms with E-state index in [-0.39, 0.29) is 0 Å². The largest absolute Gasteiger partial charge is 0.380 e. The zero-order valence-corrected chi connectivity index (χ0v) is 9.61. The van der Waals surface area contributed by atoms with Gasteiger partial charge in [-0.25, -0.2) is 0 Å². The van der Waals surface area contributed by atoms with E-state index in [0.717, 1.165) is 25.7 Å². The predicted octanol–water partition coefficient (Wildman–Crippen LogP) is 2.27. The van der Waals surface area contributed by atoms with Gasteiger partial charge in [0, 0.05) is 12.5 Å². The first kappa shape index (κ1) is 10.3. The van der Waals surface area contributed by atoms with Gasteiger partial charge in [-0.15, -0.1) is 0 Å². The van der Waals surface area contributed by atoms with E-state index in [1.165, 1.54) is 30.5 Å². The molecule has 0 aliphatic carbocycles. The molecule has 2 aliphatic rings. The lowest BCUT2D eigenvalue weighted by molar-refractivity contribution is 0.00838. The molecule has 2 nitrogen and oxygen atoms in total. The SMILES string of the molecule is c1cc(C2CCCNC2)cc(C2COC2)c1. The summed E-state index contributed by atoms with van der Waals surface area (Å²) in [4.78, 5) is 0. The number of benzene rings is 1. The van der Waals surface area contributed by atoms with Crippen molar-refractivity contribution in [2.45, 2.75) is 24.7 Å². The first-order valence-electron chi connectivity index (χ1n) is 6.32. The number of hydrogen-bond donors (Lipinski definition) is 1. The molecule has 16 heavy (non-hydrogen) atoms. The summed E-state index contributed by atoms with van der Waals surface area (Å²) < 4.78 is 5.26. The Hall–Kier alpha value is -0.860. The Balaban J connectivity index is 1.77. The van der Waals surface area contributed by atoms with Crippen LogP contribution in [0.25, 0.3) is 0 Å². The van der Waals surface area contributed by atoms with Crippen molar-refractivity contribution >= 4 is 0 Å². The number of rotatable bonds is 2. The summed E-state index contributed by atoms with van der Waals surface area (Å²) in [5, 5.41) is 3.49. The van der Waals surface area contributed by atoms with Gasteiger partial charge < -0.3 is 10.1 Å². The van der Waals surface area contributed by atoms with Crippen molar-refractivity contribution < 1.29 is 4.74 Å². The molecule has 86 valence electrons. The average molecular weight is 217 g/mol. The summed E-state index contributed by atoms with van der Waals surface area (Å²) in [7, 11) is 0. The van der Waals surface area contributed by atoms with Gasteiger partial charge in [0.25, 0.3) is 0 Å². The van der Waals surface area contributed by atoms with Crippen molar-refractivity contribution in [1.29, 1.82) is 0 Å². The van der Waals surface area contributed by atoms with Gasteiger partial charge in [0.05, 0.1) is 13.2 Å². The van der Waals surface area contributed by atoms with E-state index in [9.17, 15) is 0 Å². The van der Waals surface area contributed by atoms with Crippen molar-refractivity contribution in [1.82, 2.24) is 5.32 Å². The Morgan fingerprint density at radius 3 is 2.56 bits per heavy atom. The fraction of sp³-hybridized carbons (Fsp3) is 0.571. The van der Waals surface area contributed by atoms with Crippen molar-refractivity contribution in [2.24, 2.45) is 0 Å². The van der Waals surface area contributed by atoms with E-state index in [1.807, 2.05) is 0 Å². The number of nitrogens with one attached hydrogen (secondary N) is 1. The second-order valence-electron chi connectivity index (χ2n) is 4.95. The summed E-state index contributed by atoms with van der Waals surface area (Å²) in [6.07, 6.45) is 2.64. The molecular formula is C14H19NO. The zero-order chi connectivity index (χ0) is 10.8. The average Bonchev–Trinajstić information content (AvgIpc) is 2.28. The van der Waals surface area contributed by atoms with Crippen LogP contribution in [0.2, 0.25) is 0 Å². The summed E-state index contributed by atoms with van der Waals surface area (Å²) in [5.74, 6) is 1.37. The van der Waals surface area contributed by atoms with Gasteiger partial charge in [0.1, 0.15) is 0 Å². The molecule has 1 aromatic rings. The molecule has 1 unspecified atom stereocenters. The molecule has 0 amide bonds. The Bertz CT molecular complexity index is 354. The van der Waals surface area contributed by atoms with Crippen LogP contribution in [-0.2, 0) is 4.74 Å². The molecule has 3 rings (SSSR count). The Kier molecular flexibility index (Phi) is 2.94. The highest BCUT2D eigenvalue weighted by molar-refractivity contribution is 5.30. The van der Waals surface area contributed by atoms with Gasteiger partial charge in [0.15, 0.2) is 0 Å². The molecule has 2 heterocycles. The lowest BCUT2D eigenvalue weighted by Crippen LogP contribution is -2.29. The highest BCUT2D eigenvalue weighted by Gasteiger charge is 2.22. The summed E-state index contributed by atoms with van der Waals surface area (Å²) in [5.41, 5.74) is 2.98. The third kappa shape index (κ3) is 2.00. The van der Waals surface area contributed by atoms with E-state index in [1.54, 1.807) is 0 Å². The lowest BCUT2D eigenvalue weighted by Gasteiger charge is -2.28. The maximum absolute atomic E-state index is 5.26. The molecule has 2 aliphatic heterocycles. The van der Waals surface area contributed by atoms with Gasteiger partial charge in [-0.2, -0.15) is 0 Å².